The molecule has 2 aromatic heterocycles. The lowest BCUT2D eigenvalue weighted by Crippen LogP contribution is -2.03. The molecule has 6 nitrogen and oxygen atoms in total. The molecular weight excluding hydrogens is 430 g/mol. The average Bonchev–Trinajstić information content (AvgIpc) is 3.44. The molecule has 5 rings (SSSR count). The number of carboxylic acids is 1. The van der Waals surface area contributed by atoms with Crippen LogP contribution in [0.25, 0.3) is 33.2 Å². The summed E-state index contributed by atoms with van der Waals surface area (Å²) in [5.74, 6) is 0.746. The second-order valence-corrected chi connectivity index (χ2v) is 8.32. The molecular formula is C28H25NO5. The van der Waals surface area contributed by atoms with E-state index in [4.69, 9.17) is 18.8 Å². The molecule has 0 spiro atoms. The van der Waals surface area contributed by atoms with Crippen molar-refractivity contribution < 1.29 is 23.6 Å². The monoisotopic (exact) mass is 455 g/mol. The zero-order chi connectivity index (χ0) is 23.5. The van der Waals surface area contributed by atoms with Gasteiger partial charge in [0.05, 0.1) is 18.4 Å². The van der Waals surface area contributed by atoms with Gasteiger partial charge in [-0.3, -0.25) is 4.79 Å². The van der Waals surface area contributed by atoms with Crippen LogP contribution < -0.4 is 4.74 Å². The van der Waals surface area contributed by atoms with Crippen molar-refractivity contribution in [2.75, 3.05) is 6.61 Å². The average molecular weight is 456 g/mol. The van der Waals surface area contributed by atoms with Crippen molar-refractivity contribution >= 4 is 27.9 Å². The lowest BCUT2D eigenvalue weighted by molar-refractivity contribution is -0.136. The fourth-order valence-corrected chi connectivity index (χ4v) is 4.28. The van der Waals surface area contributed by atoms with Gasteiger partial charge in [-0.1, -0.05) is 54.9 Å². The second kappa shape index (κ2) is 9.43. The van der Waals surface area contributed by atoms with E-state index in [-0.39, 0.29) is 6.42 Å². The Morgan fingerprint density at radius 3 is 2.68 bits per heavy atom. The third kappa shape index (κ3) is 4.39. The first-order valence-electron chi connectivity index (χ1n) is 11.4. The first kappa shape index (κ1) is 21.8. The summed E-state index contributed by atoms with van der Waals surface area (Å²) < 4.78 is 17.9. The van der Waals surface area contributed by atoms with E-state index in [1.165, 1.54) is 0 Å². The van der Waals surface area contributed by atoms with E-state index in [0.717, 1.165) is 68.7 Å². The van der Waals surface area contributed by atoms with Gasteiger partial charge in [-0.05, 0) is 42.3 Å². The van der Waals surface area contributed by atoms with Crippen molar-refractivity contribution in [3.05, 3.63) is 83.6 Å². The van der Waals surface area contributed by atoms with Crippen LogP contribution in [-0.4, -0.2) is 22.8 Å². The van der Waals surface area contributed by atoms with Crippen LogP contribution in [0, 0.1) is 0 Å². The van der Waals surface area contributed by atoms with Gasteiger partial charge in [-0.2, -0.15) is 0 Å². The minimum atomic E-state index is -0.848. The van der Waals surface area contributed by atoms with Crippen molar-refractivity contribution in [1.29, 1.82) is 0 Å². The number of furan rings is 1. The van der Waals surface area contributed by atoms with E-state index in [0.29, 0.717) is 13.0 Å². The standard InChI is InChI=1S/C28H25NO5/c1-2-6-22-25(12-10-23-27(29-34-28(22)23)19-7-4-3-5-8-19)32-14-13-21-17-20-15-18(16-26(30)31)9-11-24(20)33-21/h3-5,7-12,15,17H,2,6,13-14,16H2,1H3,(H,30,31). The lowest BCUT2D eigenvalue weighted by Gasteiger charge is -2.11. The zero-order valence-corrected chi connectivity index (χ0v) is 18.9. The summed E-state index contributed by atoms with van der Waals surface area (Å²) in [6.07, 6.45) is 2.38. The van der Waals surface area contributed by atoms with Gasteiger partial charge in [-0.15, -0.1) is 0 Å². The number of carboxylic acid groups (broad SMARTS) is 1. The summed E-state index contributed by atoms with van der Waals surface area (Å²) in [4.78, 5) is 11.0. The highest BCUT2D eigenvalue weighted by Crippen LogP contribution is 2.35. The van der Waals surface area contributed by atoms with Gasteiger partial charge in [0.15, 0.2) is 5.58 Å². The molecule has 172 valence electrons. The van der Waals surface area contributed by atoms with E-state index < -0.39 is 5.97 Å². The molecule has 0 aliphatic rings. The first-order chi connectivity index (χ1) is 16.6. The summed E-state index contributed by atoms with van der Waals surface area (Å²) in [6, 6.07) is 21.4. The summed E-state index contributed by atoms with van der Waals surface area (Å²) >= 11 is 0. The number of aliphatic carboxylic acids is 1. The molecule has 5 aromatic rings. The van der Waals surface area contributed by atoms with Gasteiger partial charge < -0.3 is 18.8 Å². The van der Waals surface area contributed by atoms with Gasteiger partial charge in [0.25, 0.3) is 0 Å². The number of ether oxygens (including phenoxy) is 1. The quantitative estimate of drug-likeness (QED) is 0.275. The number of aromatic nitrogens is 1. The maximum atomic E-state index is 11.0. The largest absolute Gasteiger partial charge is 0.493 e. The summed E-state index contributed by atoms with van der Waals surface area (Å²) in [5.41, 5.74) is 5.15. The van der Waals surface area contributed by atoms with Crippen molar-refractivity contribution in [1.82, 2.24) is 5.16 Å². The van der Waals surface area contributed by atoms with Gasteiger partial charge in [-0.25, -0.2) is 0 Å². The zero-order valence-electron chi connectivity index (χ0n) is 18.9. The molecule has 0 amide bonds. The second-order valence-electron chi connectivity index (χ2n) is 8.32. The van der Waals surface area contributed by atoms with Crippen LogP contribution in [0.15, 0.2) is 75.7 Å². The van der Waals surface area contributed by atoms with Gasteiger partial charge in [0, 0.05) is 22.9 Å². The van der Waals surface area contributed by atoms with Crippen LogP contribution in [0.3, 0.4) is 0 Å². The number of hydrogen-bond acceptors (Lipinski definition) is 5. The number of hydrogen-bond donors (Lipinski definition) is 1. The highest BCUT2D eigenvalue weighted by Gasteiger charge is 2.17. The molecule has 2 heterocycles. The summed E-state index contributed by atoms with van der Waals surface area (Å²) in [7, 11) is 0. The molecule has 0 saturated carbocycles. The van der Waals surface area contributed by atoms with Crippen LogP contribution >= 0.6 is 0 Å². The van der Waals surface area contributed by atoms with Crippen LogP contribution in [0.1, 0.15) is 30.2 Å². The Morgan fingerprint density at radius 2 is 1.88 bits per heavy atom. The molecule has 6 heteroatoms. The minimum absolute atomic E-state index is 0.00410. The third-order valence-corrected chi connectivity index (χ3v) is 5.84. The number of rotatable bonds is 9. The molecule has 34 heavy (non-hydrogen) atoms. The predicted octanol–water partition coefficient (Wildman–Crippen LogP) is 6.44. The minimum Gasteiger partial charge on any atom is -0.493 e. The number of fused-ring (bicyclic) bond motifs is 2. The highest BCUT2D eigenvalue weighted by molar-refractivity contribution is 5.94. The van der Waals surface area contributed by atoms with E-state index in [1.54, 1.807) is 6.07 Å². The van der Waals surface area contributed by atoms with Crippen molar-refractivity contribution in [3.8, 4) is 17.0 Å². The van der Waals surface area contributed by atoms with Crippen molar-refractivity contribution in [2.24, 2.45) is 0 Å². The molecule has 0 aliphatic carbocycles. The fraction of sp³-hybridized carbons (Fsp3) is 0.214. The molecule has 0 radical (unpaired) electrons. The topological polar surface area (TPSA) is 85.7 Å². The van der Waals surface area contributed by atoms with Gasteiger partial charge in [0.1, 0.15) is 22.8 Å². The van der Waals surface area contributed by atoms with E-state index in [2.05, 4.69) is 12.1 Å². The van der Waals surface area contributed by atoms with Crippen LogP contribution in [-0.2, 0) is 24.1 Å². The first-order valence-corrected chi connectivity index (χ1v) is 11.4. The normalized spacial score (nSPS) is 11.3. The number of aryl methyl sites for hydroxylation is 1. The van der Waals surface area contributed by atoms with E-state index in [9.17, 15) is 4.79 Å². The molecule has 0 bridgehead atoms. The Balaban J connectivity index is 1.34. The van der Waals surface area contributed by atoms with E-state index in [1.807, 2.05) is 60.7 Å². The molecule has 0 fully saturated rings. The predicted molar refractivity (Wildman–Crippen MR) is 130 cm³/mol. The Morgan fingerprint density at radius 1 is 1.03 bits per heavy atom. The summed E-state index contributed by atoms with van der Waals surface area (Å²) in [5, 5.41) is 15.2. The molecule has 1 N–H and O–H groups in total. The molecule has 0 unspecified atom stereocenters. The fourth-order valence-electron chi connectivity index (χ4n) is 4.28. The summed E-state index contributed by atoms with van der Waals surface area (Å²) in [6.45, 7) is 2.58. The maximum Gasteiger partial charge on any atom is 0.307 e. The van der Waals surface area contributed by atoms with Crippen LogP contribution in [0.2, 0.25) is 0 Å². The van der Waals surface area contributed by atoms with Gasteiger partial charge >= 0.3 is 5.97 Å². The Labute approximate surface area is 196 Å². The molecule has 0 saturated heterocycles. The molecule has 0 aliphatic heterocycles. The lowest BCUT2D eigenvalue weighted by atomic mass is 10.0. The Bertz CT molecular complexity index is 1450. The van der Waals surface area contributed by atoms with Gasteiger partial charge in [0.2, 0.25) is 0 Å². The number of nitrogens with zero attached hydrogens (tertiary/aromatic N) is 1. The van der Waals surface area contributed by atoms with Crippen LogP contribution in [0.5, 0.6) is 5.75 Å². The maximum absolute atomic E-state index is 11.0. The third-order valence-electron chi connectivity index (χ3n) is 5.84. The number of carbonyl (C=O) groups is 1. The number of benzene rings is 3. The SMILES string of the molecule is CCCc1c(OCCc2cc3cc(CC(=O)O)ccc3o2)ccc2c(-c3ccccc3)noc12. The Hall–Kier alpha value is -4.06. The smallest absolute Gasteiger partial charge is 0.307 e. The Kier molecular flexibility index (Phi) is 6.04. The highest BCUT2D eigenvalue weighted by atomic mass is 16.5. The van der Waals surface area contributed by atoms with Crippen molar-refractivity contribution in [3.63, 3.8) is 0 Å². The molecule has 3 aromatic carbocycles. The van der Waals surface area contributed by atoms with Crippen molar-refractivity contribution in [2.45, 2.75) is 32.6 Å². The van der Waals surface area contributed by atoms with Crippen LogP contribution in [0.4, 0.5) is 0 Å². The van der Waals surface area contributed by atoms with E-state index >= 15 is 0 Å². The molecule has 0 atom stereocenters.